The van der Waals surface area contributed by atoms with Crippen LogP contribution in [0.1, 0.15) is 19.8 Å². The summed E-state index contributed by atoms with van der Waals surface area (Å²) in [5.41, 5.74) is 0. The number of rotatable bonds is 5. The van der Waals surface area contributed by atoms with Crippen LogP contribution in [0.15, 0.2) is 17.5 Å². The fourth-order valence-corrected chi connectivity index (χ4v) is 3.00. The van der Waals surface area contributed by atoms with Crippen molar-refractivity contribution in [3.05, 3.63) is 17.5 Å². The second kappa shape index (κ2) is 8.52. The lowest BCUT2D eigenvalue weighted by atomic mass is 9.96. The third-order valence-corrected chi connectivity index (χ3v) is 4.40. The van der Waals surface area contributed by atoms with Crippen molar-refractivity contribution in [1.29, 1.82) is 0 Å². The van der Waals surface area contributed by atoms with Crippen molar-refractivity contribution >= 4 is 34.2 Å². The van der Waals surface area contributed by atoms with Gasteiger partial charge in [-0.1, -0.05) is 0 Å². The molecule has 2 N–H and O–H groups in total. The van der Waals surface area contributed by atoms with Gasteiger partial charge in [-0.15, -0.1) is 11.3 Å². The van der Waals surface area contributed by atoms with Crippen molar-refractivity contribution in [2.75, 3.05) is 31.6 Å². The summed E-state index contributed by atoms with van der Waals surface area (Å²) >= 11 is 1.47. The minimum atomic E-state index is -0.436. The molecule has 1 saturated heterocycles. The summed E-state index contributed by atoms with van der Waals surface area (Å²) in [4.78, 5) is 37.0. The van der Waals surface area contributed by atoms with Crippen LogP contribution < -0.4 is 10.6 Å². The molecule has 0 saturated carbocycles. The number of nitrogens with one attached hydrogen (secondary N) is 2. The van der Waals surface area contributed by atoms with Gasteiger partial charge in [-0.3, -0.25) is 14.9 Å². The zero-order valence-electron chi connectivity index (χ0n) is 13.0. The standard InChI is InChI=1S/C15H21N3O4S/c1-2-22-13(19)10-16-14(20)11-5-7-18(8-6-11)15(21)17-12-4-3-9-23-12/h3-4,9,11H,2,5-8,10H2,1H3,(H,16,20)(H,17,21). The van der Waals surface area contributed by atoms with E-state index in [1.807, 2.05) is 17.5 Å². The van der Waals surface area contributed by atoms with Gasteiger partial charge in [0.25, 0.3) is 0 Å². The maximum Gasteiger partial charge on any atom is 0.325 e. The van der Waals surface area contributed by atoms with Gasteiger partial charge in [-0.05, 0) is 37.3 Å². The third-order valence-electron chi connectivity index (χ3n) is 3.62. The second-order valence-corrected chi connectivity index (χ2v) is 6.14. The Balaban J connectivity index is 1.71. The van der Waals surface area contributed by atoms with Crippen molar-refractivity contribution in [2.45, 2.75) is 19.8 Å². The number of ether oxygens (including phenoxy) is 1. The Hall–Kier alpha value is -2.09. The molecule has 0 aromatic carbocycles. The first-order valence-corrected chi connectivity index (χ1v) is 8.51. The highest BCUT2D eigenvalue weighted by Gasteiger charge is 2.27. The van der Waals surface area contributed by atoms with Crippen molar-refractivity contribution in [1.82, 2.24) is 10.2 Å². The number of nitrogens with zero attached hydrogens (tertiary/aromatic N) is 1. The molecule has 1 aromatic rings. The van der Waals surface area contributed by atoms with Gasteiger partial charge in [0.2, 0.25) is 5.91 Å². The molecule has 1 aromatic heterocycles. The Labute approximate surface area is 139 Å². The smallest absolute Gasteiger partial charge is 0.325 e. The van der Waals surface area contributed by atoms with Crippen LogP contribution in [-0.2, 0) is 14.3 Å². The fourth-order valence-electron chi connectivity index (χ4n) is 2.39. The van der Waals surface area contributed by atoms with Crippen LogP contribution >= 0.6 is 11.3 Å². The van der Waals surface area contributed by atoms with Crippen LogP contribution in [0.3, 0.4) is 0 Å². The average Bonchev–Trinajstić information content (AvgIpc) is 3.06. The number of piperidine rings is 1. The molecule has 0 unspecified atom stereocenters. The van der Waals surface area contributed by atoms with Crippen LogP contribution in [0.4, 0.5) is 9.80 Å². The third kappa shape index (κ3) is 5.24. The fraction of sp³-hybridized carbons (Fsp3) is 0.533. The number of amides is 3. The number of thiophene rings is 1. The molecule has 0 radical (unpaired) electrons. The van der Waals surface area contributed by atoms with Gasteiger partial charge in [0.1, 0.15) is 6.54 Å². The molecule has 0 atom stereocenters. The van der Waals surface area contributed by atoms with Gasteiger partial charge in [-0.2, -0.15) is 0 Å². The number of carbonyl (C=O) groups is 3. The Morgan fingerprint density at radius 2 is 2.09 bits per heavy atom. The summed E-state index contributed by atoms with van der Waals surface area (Å²) in [6, 6.07) is 3.58. The molecule has 7 nitrogen and oxygen atoms in total. The van der Waals surface area contributed by atoms with Gasteiger partial charge in [-0.25, -0.2) is 4.79 Å². The van der Waals surface area contributed by atoms with Crippen LogP contribution in [0.2, 0.25) is 0 Å². The zero-order valence-corrected chi connectivity index (χ0v) is 13.9. The number of likely N-dealkylation sites (tertiary alicyclic amines) is 1. The van der Waals surface area contributed by atoms with E-state index in [4.69, 9.17) is 4.74 Å². The highest BCUT2D eigenvalue weighted by atomic mass is 32.1. The molecule has 0 spiro atoms. The SMILES string of the molecule is CCOC(=O)CNC(=O)C1CCN(C(=O)Nc2cccs2)CC1. The summed E-state index contributed by atoms with van der Waals surface area (Å²) < 4.78 is 4.76. The maximum absolute atomic E-state index is 12.1. The lowest BCUT2D eigenvalue weighted by molar-refractivity contribution is -0.144. The molecule has 2 rings (SSSR count). The normalized spacial score (nSPS) is 15.1. The number of esters is 1. The molecule has 1 aliphatic rings. The molecular weight excluding hydrogens is 318 g/mol. The van der Waals surface area contributed by atoms with Crippen molar-refractivity contribution in [3.63, 3.8) is 0 Å². The van der Waals surface area contributed by atoms with E-state index in [0.29, 0.717) is 32.5 Å². The van der Waals surface area contributed by atoms with Crippen molar-refractivity contribution < 1.29 is 19.1 Å². The van der Waals surface area contributed by atoms with E-state index in [-0.39, 0.29) is 24.4 Å². The predicted octanol–water partition coefficient (Wildman–Crippen LogP) is 1.67. The molecule has 3 amide bonds. The highest BCUT2D eigenvalue weighted by molar-refractivity contribution is 7.14. The number of anilines is 1. The van der Waals surface area contributed by atoms with Crippen molar-refractivity contribution in [3.8, 4) is 0 Å². The van der Waals surface area contributed by atoms with E-state index in [1.165, 1.54) is 11.3 Å². The summed E-state index contributed by atoms with van der Waals surface area (Å²) in [6.45, 7) is 2.96. The number of carbonyl (C=O) groups excluding carboxylic acids is 3. The van der Waals surface area contributed by atoms with Crippen LogP contribution in [0.25, 0.3) is 0 Å². The van der Waals surface area contributed by atoms with E-state index in [1.54, 1.807) is 11.8 Å². The molecule has 0 aliphatic carbocycles. The van der Waals surface area contributed by atoms with E-state index < -0.39 is 5.97 Å². The van der Waals surface area contributed by atoms with Crippen LogP contribution in [0, 0.1) is 5.92 Å². The highest BCUT2D eigenvalue weighted by Crippen LogP contribution is 2.20. The van der Waals surface area contributed by atoms with Gasteiger partial charge >= 0.3 is 12.0 Å². The Kier molecular flexibility index (Phi) is 6.40. The molecule has 1 fully saturated rings. The molecule has 2 heterocycles. The largest absolute Gasteiger partial charge is 0.465 e. The van der Waals surface area contributed by atoms with Crippen molar-refractivity contribution in [2.24, 2.45) is 5.92 Å². The van der Waals surface area contributed by atoms with E-state index in [9.17, 15) is 14.4 Å². The second-order valence-electron chi connectivity index (χ2n) is 5.19. The number of hydrogen-bond donors (Lipinski definition) is 2. The quantitative estimate of drug-likeness (QED) is 0.799. The maximum atomic E-state index is 12.1. The van der Waals surface area contributed by atoms with Gasteiger partial charge in [0.15, 0.2) is 0 Å². The van der Waals surface area contributed by atoms with Crippen LogP contribution in [0.5, 0.6) is 0 Å². The Bertz CT molecular complexity index is 539. The molecule has 8 heteroatoms. The lowest BCUT2D eigenvalue weighted by Crippen LogP contribution is -2.45. The monoisotopic (exact) mass is 339 g/mol. The summed E-state index contributed by atoms with van der Waals surface area (Å²) in [5.74, 6) is -0.764. The first kappa shape index (κ1) is 17.3. The zero-order chi connectivity index (χ0) is 16.7. The predicted molar refractivity (Wildman–Crippen MR) is 87.3 cm³/mol. The topological polar surface area (TPSA) is 87.7 Å². The molecule has 1 aliphatic heterocycles. The number of hydrogen-bond acceptors (Lipinski definition) is 5. The molecular formula is C15H21N3O4S. The molecule has 126 valence electrons. The van der Waals surface area contributed by atoms with Gasteiger partial charge in [0.05, 0.1) is 11.6 Å². The van der Waals surface area contributed by atoms with Crippen LogP contribution in [-0.4, -0.2) is 49.0 Å². The van der Waals surface area contributed by atoms with Gasteiger partial charge < -0.3 is 15.0 Å². The minimum Gasteiger partial charge on any atom is -0.465 e. The summed E-state index contributed by atoms with van der Waals surface area (Å²) in [7, 11) is 0. The first-order chi connectivity index (χ1) is 11.1. The number of urea groups is 1. The van der Waals surface area contributed by atoms with E-state index >= 15 is 0 Å². The first-order valence-electron chi connectivity index (χ1n) is 7.63. The van der Waals surface area contributed by atoms with E-state index in [0.717, 1.165) is 5.00 Å². The Morgan fingerprint density at radius 3 is 2.70 bits per heavy atom. The van der Waals surface area contributed by atoms with E-state index in [2.05, 4.69) is 10.6 Å². The minimum absolute atomic E-state index is 0.105. The summed E-state index contributed by atoms with van der Waals surface area (Å²) in [6.07, 6.45) is 1.18. The lowest BCUT2D eigenvalue weighted by Gasteiger charge is -2.31. The summed E-state index contributed by atoms with van der Waals surface area (Å²) in [5, 5.41) is 8.13. The average molecular weight is 339 g/mol. The molecule has 0 bridgehead atoms. The molecule has 23 heavy (non-hydrogen) atoms. The van der Waals surface area contributed by atoms with Gasteiger partial charge in [0, 0.05) is 19.0 Å². The Morgan fingerprint density at radius 1 is 1.35 bits per heavy atom.